The molecule has 2 unspecified atom stereocenters. The predicted octanol–water partition coefficient (Wildman–Crippen LogP) is -0.700. The molecule has 8 heteroatoms. The summed E-state index contributed by atoms with van der Waals surface area (Å²) in [5.74, 6) is -1.87. The third kappa shape index (κ3) is 5.43. The fraction of sp³-hybridized carbons (Fsp3) is 0.750. The molecule has 2 atom stereocenters. The standard InChI is InChI=1S/C12H21N3O5/c1-7(2)14-10(16)3-4-13-12(19)15-9-6-20-5-8(9)11(17)18/h7-9H,3-6H2,1-2H3,(H,14,16)(H,17,18)(H2,13,15,19). The molecule has 114 valence electrons. The van der Waals surface area contributed by atoms with Crippen molar-refractivity contribution in [1.29, 1.82) is 0 Å². The van der Waals surface area contributed by atoms with E-state index in [4.69, 9.17) is 9.84 Å². The number of carboxylic acid groups (broad SMARTS) is 1. The van der Waals surface area contributed by atoms with E-state index in [2.05, 4.69) is 16.0 Å². The van der Waals surface area contributed by atoms with E-state index in [9.17, 15) is 14.4 Å². The Morgan fingerprint density at radius 3 is 2.60 bits per heavy atom. The van der Waals surface area contributed by atoms with E-state index in [1.807, 2.05) is 13.8 Å². The lowest BCUT2D eigenvalue weighted by atomic mass is 10.0. The Balaban J connectivity index is 2.23. The Bertz CT molecular complexity index is 372. The van der Waals surface area contributed by atoms with Crippen molar-refractivity contribution in [2.45, 2.75) is 32.4 Å². The Morgan fingerprint density at radius 2 is 2.00 bits per heavy atom. The molecule has 0 aromatic carbocycles. The molecule has 1 saturated heterocycles. The summed E-state index contributed by atoms with van der Waals surface area (Å²) in [5.41, 5.74) is 0. The van der Waals surface area contributed by atoms with Crippen LogP contribution in [0.2, 0.25) is 0 Å². The molecule has 4 N–H and O–H groups in total. The zero-order valence-electron chi connectivity index (χ0n) is 11.6. The van der Waals surface area contributed by atoms with E-state index in [1.165, 1.54) is 0 Å². The van der Waals surface area contributed by atoms with Crippen LogP contribution in [-0.2, 0) is 14.3 Å². The number of carboxylic acids is 1. The van der Waals surface area contributed by atoms with Gasteiger partial charge in [-0.05, 0) is 13.8 Å². The quantitative estimate of drug-likeness (QED) is 0.515. The second-order valence-corrected chi connectivity index (χ2v) is 4.96. The molecule has 1 aliphatic heterocycles. The molecule has 1 heterocycles. The lowest BCUT2D eigenvalue weighted by Gasteiger charge is -2.16. The first kappa shape index (κ1) is 16.2. The van der Waals surface area contributed by atoms with Crippen molar-refractivity contribution >= 4 is 17.9 Å². The number of aliphatic carboxylic acids is 1. The van der Waals surface area contributed by atoms with Crippen LogP contribution in [0.1, 0.15) is 20.3 Å². The van der Waals surface area contributed by atoms with Crippen LogP contribution in [0, 0.1) is 5.92 Å². The van der Waals surface area contributed by atoms with Gasteiger partial charge in [0.05, 0.1) is 19.3 Å². The Hall–Kier alpha value is -1.83. The molecule has 1 fully saturated rings. The number of carbonyl (C=O) groups excluding carboxylic acids is 2. The highest BCUT2D eigenvalue weighted by Crippen LogP contribution is 2.13. The van der Waals surface area contributed by atoms with Crippen molar-refractivity contribution in [3.8, 4) is 0 Å². The van der Waals surface area contributed by atoms with Gasteiger partial charge in [-0.25, -0.2) is 4.79 Å². The van der Waals surface area contributed by atoms with Gasteiger partial charge in [-0.2, -0.15) is 0 Å². The van der Waals surface area contributed by atoms with Gasteiger partial charge in [0.2, 0.25) is 5.91 Å². The molecule has 1 aliphatic rings. The number of amides is 3. The van der Waals surface area contributed by atoms with Crippen LogP contribution in [0.4, 0.5) is 4.79 Å². The molecular weight excluding hydrogens is 266 g/mol. The monoisotopic (exact) mass is 287 g/mol. The fourth-order valence-electron chi connectivity index (χ4n) is 1.84. The second kappa shape index (κ2) is 7.68. The van der Waals surface area contributed by atoms with Crippen LogP contribution >= 0.6 is 0 Å². The van der Waals surface area contributed by atoms with Crippen molar-refractivity contribution in [2.75, 3.05) is 19.8 Å². The first-order chi connectivity index (χ1) is 9.40. The van der Waals surface area contributed by atoms with Crippen LogP contribution < -0.4 is 16.0 Å². The van der Waals surface area contributed by atoms with Crippen LogP contribution in [0.15, 0.2) is 0 Å². The van der Waals surface area contributed by atoms with Crippen molar-refractivity contribution in [1.82, 2.24) is 16.0 Å². The minimum atomic E-state index is -0.996. The first-order valence-electron chi connectivity index (χ1n) is 6.54. The van der Waals surface area contributed by atoms with E-state index in [1.54, 1.807) is 0 Å². The van der Waals surface area contributed by atoms with Crippen molar-refractivity contribution in [3.05, 3.63) is 0 Å². The highest BCUT2D eigenvalue weighted by molar-refractivity contribution is 5.79. The summed E-state index contributed by atoms with van der Waals surface area (Å²) in [5, 5.41) is 16.7. The summed E-state index contributed by atoms with van der Waals surface area (Å²) in [6, 6.07) is -0.982. The van der Waals surface area contributed by atoms with E-state index in [0.717, 1.165) is 0 Å². The second-order valence-electron chi connectivity index (χ2n) is 4.96. The number of hydrogen-bond acceptors (Lipinski definition) is 4. The maximum absolute atomic E-state index is 11.6. The summed E-state index contributed by atoms with van der Waals surface area (Å²) in [6.07, 6.45) is 0.176. The molecule has 0 radical (unpaired) electrons. The molecule has 0 spiro atoms. The lowest BCUT2D eigenvalue weighted by molar-refractivity contribution is -0.142. The number of urea groups is 1. The first-order valence-corrected chi connectivity index (χ1v) is 6.54. The largest absolute Gasteiger partial charge is 0.481 e. The molecule has 3 amide bonds. The van der Waals surface area contributed by atoms with Crippen LogP contribution in [0.25, 0.3) is 0 Å². The van der Waals surface area contributed by atoms with Crippen molar-refractivity contribution in [2.24, 2.45) is 5.92 Å². The molecule has 0 aromatic heterocycles. The van der Waals surface area contributed by atoms with Crippen molar-refractivity contribution in [3.63, 3.8) is 0 Å². The predicted molar refractivity (Wildman–Crippen MR) is 70.2 cm³/mol. The van der Waals surface area contributed by atoms with Gasteiger partial charge >= 0.3 is 12.0 Å². The van der Waals surface area contributed by atoms with E-state index in [0.29, 0.717) is 0 Å². The molecule has 8 nitrogen and oxygen atoms in total. The van der Waals surface area contributed by atoms with Gasteiger partial charge in [-0.15, -0.1) is 0 Å². The average molecular weight is 287 g/mol. The SMILES string of the molecule is CC(C)NC(=O)CCNC(=O)NC1COCC1C(=O)O. The molecular formula is C12H21N3O5. The van der Waals surface area contributed by atoms with E-state index < -0.39 is 24.0 Å². The lowest BCUT2D eigenvalue weighted by Crippen LogP contribution is -2.47. The normalized spacial score (nSPS) is 21.6. The van der Waals surface area contributed by atoms with Crippen LogP contribution in [-0.4, -0.2) is 54.9 Å². The summed E-state index contributed by atoms with van der Waals surface area (Å²) >= 11 is 0. The van der Waals surface area contributed by atoms with Gasteiger partial charge in [0, 0.05) is 19.0 Å². The summed E-state index contributed by atoms with van der Waals surface area (Å²) in [4.78, 5) is 33.8. The van der Waals surface area contributed by atoms with E-state index in [-0.39, 0.29) is 38.1 Å². The van der Waals surface area contributed by atoms with Crippen molar-refractivity contribution < 1.29 is 24.2 Å². The number of hydrogen-bond donors (Lipinski definition) is 4. The highest BCUT2D eigenvalue weighted by atomic mass is 16.5. The fourth-order valence-corrected chi connectivity index (χ4v) is 1.84. The summed E-state index contributed by atoms with van der Waals surface area (Å²) < 4.78 is 5.03. The minimum absolute atomic E-state index is 0.0586. The van der Waals surface area contributed by atoms with Gasteiger partial charge in [-0.3, -0.25) is 9.59 Å². The Labute approximate surface area is 117 Å². The topological polar surface area (TPSA) is 117 Å². The molecule has 0 aromatic rings. The van der Waals surface area contributed by atoms with Gasteiger partial charge in [0.15, 0.2) is 0 Å². The number of rotatable bonds is 6. The number of ether oxygens (including phenoxy) is 1. The molecule has 0 aliphatic carbocycles. The summed E-state index contributed by atoms with van der Waals surface area (Å²) in [7, 11) is 0. The molecule has 0 bridgehead atoms. The molecule has 0 saturated carbocycles. The number of carbonyl (C=O) groups is 3. The Kier molecular flexibility index (Phi) is 6.23. The zero-order valence-corrected chi connectivity index (χ0v) is 11.6. The average Bonchev–Trinajstić information content (AvgIpc) is 2.75. The van der Waals surface area contributed by atoms with E-state index >= 15 is 0 Å². The van der Waals surface area contributed by atoms with Crippen LogP contribution in [0.5, 0.6) is 0 Å². The summed E-state index contributed by atoms with van der Waals surface area (Å²) in [6.45, 7) is 4.17. The third-order valence-electron chi connectivity index (χ3n) is 2.80. The van der Waals surface area contributed by atoms with Crippen LogP contribution in [0.3, 0.4) is 0 Å². The zero-order chi connectivity index (χ0) is 15.1. The van der Waals surface area contributed by atoms with Gasteiger partial charge in [0.1, 0.15) is 5.92 Å². The van der Waals surface area contributed by atoms with Gasteiger partial charge in [-0.1, -0.05) is 0 Å². The number of nitrogens with one attached hydrogen (secondary N) is 3. The smallest absolute Gasteiger partial charge is 0.315 e. The maximum Gasteiger partial charge on any atom is 0.315 e. The molecule has 1 rings (SSSR count). The Morgan fingerprint density at radius 1 is 1.30 bits per heavy atom. The minimum Gasteiger partial charge on any atom is -0.481 e. The van der Waals surface area contributed by atoms with Gasteiger partial charge < -0.3 is 25.8 Å². The highest BCUT2D eigenvalue weighted by Gasteiger charge is 2.34. The van der Waals surface area contributed by atoms with Gasteiger partial charge in [0.25, 0.3) is 0 Å². The third-order valence-corrected chi connectivity index (χ3v) is 2.80. The molecule has 20 heavy (non-hydrogen) atoms. The maximum atomic E-state index is 11.6.